The molecule has 5 heteroatoms. The molecule has 0 spiro atoms. The van der Waals surface area contributed by atoms with Crippen molar-refractivity contribution in [1.82, 2.24) is 9.97 Å². The Kier molecular flexibility index (Phi) is 5.42. The number of anilines is 4. The number of hydrogen-bond donors (Lipinski definition) is 1. The number of nitrogens with zero attached hydrogens (tertiary/aromatic N) is 4. The van der Waals surface area contributed by atoms with Gasteiger partial charge in [0, 0.05) is 44.1 Å². The van der Waals surface area contributed by atoms with Crippen molar-refractivity contribution in [2.75, 3.05) is 35.3 Å². The maximum atomic E-state index is 4.61. The van der Waals surface area contributed by atoms with E-state index in [0.29, 0.717) is 0 Å². The van der Waals surface area contributed by atoms with E-state index in [1.165, 1.54) is 24.1 Å². The van der Waals surface area contributed by atoms with Crippen LogP contribution in [0.1, 0.15) is 24.2 Å². The molecule has 0 radical (unpaired) electrons. The highest BCUT2D eigenvalue weighted by molar-refractivity contribution is 5.63. The predicted molar refractivity (Wildman–Crippen MR) is 116 cm³/mol. The summed E-state index contributed by atoms with van der Waals surface area (Å²) in [4.78, 5) is 13.7. The van der Waals surface area contributed by atoms with E-state index in [1.54, 1.807) is 0 Å². The summed E-state index contributed by atoms with van der Waals surface area (Å²) in [5.41, 5.74) is 3.59. The molecule has 144 valence electrons. The van der Waals surface area contributed by atoms with E-state index in [0.717, 1.165) is 42.8 Å². The molecule has 28 heavy (non-hydrogen) atoms. The Hall–Kier alpha value is -3.08. The Bertz CT molecular complexity index is 902. The standard InChI is InChI=1S/C23H27N5/c1-18-24-22(16-23(25-18)27(2)17-19-8-4-3-5-9-19)26-20-10-12-21(13-11-20)28-14-6-7-15-28/h3-5,8-13,16H,6-7,14-15,17H2,1-2H3,(H,24,25,26). The molecule has 1 aromatic heterocycles. The number of hydrogen-bond acceptors (Lipinski definition) is 5. The highest BCUT2D eigenvalue weighted by atomic mass is 15.2. The highest BCUT2D eigenvalue weighted by Gasteiger charge is 2.12. The molecule has 0 saturated carbocycles. The number of rotatable bonds is 6. The van der Waals surface area contributed by atoms with Crippen LogP contribution >= 0.6 is 0 Å². The van der Waals surface area contributed by atoms with Crippen LogP contribution in [-0.4, -0.2) is 30.1 Å². The monoisotopic (exact) mass is 373 g/mol. The van der Waals surface area contributed by atoms with Crippen LogP contribution in [0.5, 0.6) is 0 Å². The maximum absolute atomic E-state index is 4.61. The molecule has 1 aliphatic heterocycles. The maximum Gasteiger partial charge on any atom is 0.136 e. The normalized spacial score (nSPS) is 13.6. The summed E-state index contributed by atoms with van der Waals surface area (Å²) in [6, 6.07) is 21.0. The topological polar surface area (TPSA) is 44.3 Å². The summed E-state index contributed by atoms with van der Waals surface area (Å²) in [6.07, 6.45) is 2.58. The van der Waals surface area contributed by atoms with Crippen LogP contribution in [0.2, 0.25) is 0 Å². The zero-order valence-electron chi connectivity index (χ0n) is 16.6. The van der Waals surface area contributed by atoms with E-state index < -0.39 is 0 Å². The van der Waals surface area contributed by atoms with E-state index in [4.69, 9.17) is 0 Å². The van der Waals surface area contributed by atoms with Crippen molar-refractivity contribution >= 4 is 23.0 Å². The van der Waals surface area contributed by atoms with Crippen molar-refractivity contribution in [2.45, 2.75) is 26.3 Å². The van der Waals surface area contributed by atoms with E-state index in [2.05, 4.69) is 80.7 Å². The van der Waals surface area contributed by atoms with Gasteiger partial charge in [-0.15, -0.1) is 0 Å². The molecule has 3 aromatic rings. The zero-order valence-corrected chi connectivity index (χ0v) is 16.6. The Balaban J connectivity index is 1.47. The van der Waals surface area contributed by atoms with Gasteiger partial charge in [-0.1, -0.05) is 30.3 Å². The van der Waals surface area contributed by atoms with Gasteiger partial charge in [0.2, 0.25) is 0 Å². The van der Waals surface area contributed by atoms with Crippen molar-refractivity contribution in [2.24, 2.45) is 0 Å². The van der Waals surface area contributed by atoms with Crippen molar-refractivity contribution in [3.8, 4) is 0 Å². The molecule has 0 atom stereocenters. The van der Waals surface area contributed by atoms with Crippen molar-refractivity contribution in [3.63, 3.8) is 0 Å². The summed E-state index contributed by atoms with van der Waals surface area (Å²) >= 11 is 0. The van der Waals surface area contributed by atoms with Gasteiger partial charge >= 0.3 is 0 Å². The first-order valence-corrected chi connectivity index (χ1v) is 9.90. The summed E-state index contributed by atoms with van der Waals surface area (Å²) in [6.45, 7) is 5.06. The minimum Gasteiger partial charge on any atom is -0.372 e. The molecule has 1 saturated heterocycles. The fraction of sp³-hybridized carbons (Fsp3) is 0.304. The largest absolute Gasteiger partial charge is 0.372 e. The van der Waals surface area contributed by atoms with Gasteiger partial charge in [0.25, 0.3) is 0 Å². The Morgan fingerprint density at radius 3 is 2.39 bits per heavy atom. The number of aryl methyl sites for hydroxylation is 1. The average molecular weight is 374 g/mol. The van der Waals surface area contributed by atoms with E-state index in [-0.39, 0.29) is 0 Å². The first-order valence-electron chi connectivity index (χ1n) is 9.90. The lowest BCUT2D eigenvalue weighted by Gasteiger charge is -2.20. The van der Waals surface area contributed by atoms with Gasteiger partial charge < -0.3 is 15.1 Å². The van der Waals surface area contributed by atoms with Crippen LogP contribution in [0, 0.1) is 6.92 Å². The van der Waals surface area contributed by atoms with E-state index in [9.17, 15) is 0 Å². The summed E-state index contributed by atoms with van der Waals surface area (Å²) in [5.74, 6) is 2.48. The second-order valence-electron chi connectivity index (χ2n) is 7.37. The van der Waals surface area contributed by atoms with Gasteiger partial charge in [-0.25, -0.2) is 9.97 Å². The number of benzene rings is 2. The average Bonchev–Trinajstić information content (AvgIpc) is 3.24. The molecule has 0 amide bonds. The lowest BCUT2D eigenvalue weighted by molar-refractivity contribution is 0.880. The van der Waals surface area contributed by atoms with Crippen LogP contribution in [-0.2, 0) is 6.54 Å². The van der Waals surface area contributed by atoms with Crippen molar-refractivity contribution in [1.29, 1.82) is 0 Å². The van der Waals surface area contributed by atoms with Gasteiger partial charge in [0.05, 0.1) is 0 Å². The molecule has 0 bridgehead atoms. The first-order chi connectivity index (χ1) is 13.7. The van der Waals surface area contributed by atoms with Crippen molar-refractivity contribution < 1.29 is 0 Å². The summed E-state index contributed by atoms with van der Waals surface area (Å²) < 4.78 is 0. The lowest BCUT2D eigenvalue weighted by atomic mass is 10.2. The third kappa shape index (κ3) is 4.42. The van der Waals surface area contributed by atoms with Gasteiger partial charge in [0.15, 0.2) is 0 Å². The molecular weight excluding hydrogens is 346 g/mol. The third-order valence-electron chi connectivity index (χ3n) is 5.09. The summed E-state index contributed by atoms with van der Waals surface area (Å²) in [5, 5.41) is 3.43. The molecule has 4 rings (SSSR count). The van der Waals surface area contributed by atoms with Gasteiger partial charge in [-0.2, -0.15) is 0 Å². The quantitative estimate of drug-likeness (QED) is 0.674. The summed E-state index contributed by atoms with van der Waals surface area (Å²) in [7, 11) is 2.06. The first kappa shape index (κ1) is 18.3. The van der Waals surface area contributed by atoms with Crippen LogP contribution in [0.3, 0.4) is 0 Å². The van der Waals surface area contributed by atoms with Crippen LogP contribution in [0.15, 0.2) is 60.7 Å². The molecule has 1 N–H and O–H groups in total. The molecular formula is C23H27N5. The van der Waals surface area contributed by atoms with Crippen LogP contribution in [0.4, 0.5) is 23.0 Å². The van der Waals surface area contributed by atoms with Crippen LogP contribution < -0.4 is 15.1 Å². The molecule has 0 aliphatic carbocycles. The number of nitrogens with one attached hydrogen (secondary N) is 1. The lowest BCUT2D eigenvalue weighted by Crippen LogP contribution is -2.18. The van der Waals surface area contributed by atoms with Crippen molar-refractivity contribution in [3.05, 3.63) is 72.1 Å². The van der Waals surface area contributed by atoms with Gasteiger partial charge in [0.1, 0.15) is 17.5 Å². The smallest absolute Gasteiger partial charge is 0.136 e. The molecule has 5 nitrogen and oxygen atoms in total. The second kappa shape index (κ2) is 8.30. The SMILES string of the molecule is Cc1nc(Nc2ccc(N3CCCC3)cc2)cc(N(C)Cc2ccccc2)n1. The molecule has 1 aliphatic rings. The Morgan fingerprint density at radius 2 is 1.68 bits per heavy atom. The zero-order chi connectivity index (χ0) is 19.3. The highest BCUT2D eigenvalue weighted by Crippen LogP contribution is 2.25. The van der Waals surface area contributed by atoms with Gasteiger partial charge in [-0.3, -0.25) is 0 Å². The van der Waals surface area contributed by atoms with E-state index >= 15 is 0 Å². The van der Waals surface area contributed by atoms with Crippen LogP contribution in [0.25, 0.3) is 0 Å². The number of aromatic nitrogens is 2. The Labute approximate surface area is 167 Å². The minimum absolute atomic E-state index is 0.758. The molecule has 2 aromatic carbocycles. The molecule has 2 heterocycles. The fourth-order valence-electron chi connectivity index (χ4n) is 3.63. The minimum atomic E-state index is 0.758. The fourth-order valence-corrected chi connectivity index (χ4v) is 3.63. The van der Waals surface area contributed by atoms with Gasteiger partial charge in [-0.05, 0) is 49.6 Å². The third-order valence-corrected chi connectivity index (χ3v) is 5.09. The van der Waals surface area contributed by atoms with E-state index in [1.807, 2.05) is 19.1 Å². The molecule has 0 unspecified atom stereocenters. The Morgan fingerprint density at radius 1 is 0.964 bits per heavy atom. The predicted octanol–water partition coefficient (Wildman–Crippen LogP) is 4.77. The second-order valence-corrected chi connectivity index (χ2v) is 7.37. The molecule has 1 fully saturated rings.